The Morgan fingerprint density at radius 3 is 1.07 bits per heavy atom. The summed E-state index contributed by atoms with van der Waals surface area (Å²) >= 11 is 1.83. The molecule has 3 heteroatoms. The van der Waals surface area contributed by atoms with E-state index in [1.165, 1.54) is 66.3 Å². The highest BCUT2D eigenvalue weighted by molar-refractivity contribution is 7.09. The largest absolute Gasteiger partial charge is 1.00 e. The van der Waals surface area contributed by atoms with Crippen LogP contribution in [0.5, 0.6) is 0 Å². The van der Waals surface area contributed by atoms with E-state index in [1.54, 1.807) is 0 Å². The van der Waals surface area contributed by atoms with Gasteiger partial charge in [-0.25, -0.2) is 0 Å². The van der Waals surface area contributed by atoms with Crippen molar-refractivity contribution in [3.63, 3.8) is 0 Å². The molecule has 0 radical (unpaired) electrons. The molecule has 232 valence electrons. The predicted molar refractivity (Wildman–Crippen MR) is 186 cm³/mol. The molecule has 0 aliphatic heterocycles. The molecular weight excluding hydrogens is 562 g/mol. The van der Waals surface area contributed by atoms with E-state index < -0.39 is 0 Å². The lowest BCUT2D eigenvalue weighted by molar-refractivity contribution is -0.596. The zero-order valence-corrected chi connectivity index (χ0v) is 31.0. The number of nitrogens with zero attached hydrogens (tertiary/aromatic N) is 1. The quantitative estimate of drug-likeness (QED) is 0.204. The van der Waals surface area contributed by atoms with Crippen molar-refractivity contribution in [3.8, 4) is 27.9 Å². The molecule has 3 aromatic carbocycles. The van der Waals surface area contributed by atoms with Gasteiger partial charge in [0.1, 0.15) is 0 Å². The summed E-state index contributed by atoms with van der Waals surface area (Å²) in [5.41, 5.74) is 17.1. The third-order valence-corrected chi connectivity index (χ3v) is 9.62. The smallest absolute Gasteiger partial charge is 0.231 e. The summed E-state index contributed by atoms with van der Waals surface area (Å²) in [5, 5.41) is 0. The second-order valence-electron chi connectivity index (χ2n) is 16.5. The molecule has 1 aromatic heterocycles. The van der Waals surface area contributed by atoms with Crippen LogP contribution in [0, 0.1) is 20.8 Å². The molecule has 0 spiro atoms. The number of rotatable bonds is 3. The van der Waals surface area contributed by atoms with Crippen molar-refractivity contribution in [1.82, 2.24) is 0 Å². The van der Waals surface area contributed by atoms with Crippen LogP contribution in [0.4, 0.5) is 0 Å². The zero-order chi connectivity index (χ0) is 31.6. The van der Waals surface area contributed by atoms with E-state index in [-0.39, 0.29) is 34.1 Å². The minimum atomic E-state index is 0. The topological polar surface area (TPSA) is 3.88 Å². The molecule has 0 saturated carbocycles. The van der Waals surface area contributed by atoms with Gasteiger partial charge in [0.05, 0.1) is 16.0 Å². The third kappa shape index (κ3) is 7.46. The third-order valence-electron chi connectivity index (χ3n) is 8.65. The first-order valence-corrected chi connectivity index (χ1v) is 16.4. The average molecular weight is 616 g/mol. The Morgan fingerprint density at radius 1 is 0.488 bits per heavy atom. The van der Waals surface area contributed by atoms with Crippen LogP contribution in [0.15, 0.2) is 54.0 Å². The summed E-state index contributed by atoms with van der Waals surface area (Å²) in [6.07, 6.45) is 0. The molecule has 0 atom stereocenters. The van der Waals surface area contributed by atoms with Gasteiger partial charge in [-0.15, -0.1) is 0 Å². The Morgan fingerprint density at radius 2 is 0.814 bits per heavy atom. The minimum absolute atomic E-state index is 0. The van der Waals surface area contributed by atoms with Gasteiger partial charge in [-0.05, 0) is 86.6 Å². The maximum absolute atomic E-state index is 2.45. The fourth-order valence-electron chi connectivity index (χ4n) is 5.46. The maximum Gasteiger partial charge on any atom is 0.231 e. The van der Waals surface area contributed by atoms with Crippen molar-refractivity contribution >= 4 is 11.3 Å². The van der Waals surface area contributed by atoms with Crippen LogP contribution in [0.25, 0.3) is 27.9 Å². The molecule has 43 heavy (non-hydrogen) atoms. The van der Waals surface area contributed by atoms with Crippen LogP contribution in [0.3, 0.4) is 0 Å². The van der Waals surface area contributed by atoms with E-state index in [0.29, 0.717) is 0 Å². The second-order valence-corrected chi connectivity index (χ2v) is 17.6. The van der Waals surface area contributed by atoms with E-state index in [4.69, 9.17) is 0 Å². The highest BCUT2D eigenvalue weighted by Crippen LogP contribution is 2.41. The molecule has 0 saturated heterocycles. The summed E-state index contributed by atoms with van der Waals surface area (Å²) in [5.74, 6) is 0. The van der Waals surface area contributed by atoms with E-state index in [2.05, 4.69) is 162 Å². The van der Waals surface area contributed by atoms with Crippen molar-refractivity contribution in [3.05, 3.63) is 92.4 Å². The molecule has 0 aliphatic rings. The normalized spacial score (nSPS) is 12.8. The van der Waals surface area contributed by atoms with Gasteiger partial charge in [0.15, 0.2) is 5.69 Å². The van der Waals surface area contributed by atoms with Gasteiger partial charge in [0, 0.05) is 6.92 Å². The Hall–Kier alpha value is -2.42. The molecule has 1 heterocycles. The lowest BCUT2D eigenvalue weighted by Crippen LogP contribution is -3.00. The van der Waals surface area contributed by atoms with Crippen LogP contribution in [0.1, 0.15) is 121 Å². The first-order chi connectivity index (χ1) is 19.1. The fraction of sp³-hybridized carbons (Fsp3) is 0.475. The van der Waals surface area contributed by atoms with Crippen molar-refractivity contribution in [1.29, 1.82) is 0 Å². The molecule has 0 aliphatic carbocycles. The van der Waals surface area contributed by atoms with E-state index in [0.717, 1.165) is 0 Å². The van der Waals surface area contributed by atoms with Crippen LogP contribution in [0.2, 0.25) is 0 Å². The van der Waals surface area contributed by atoms with Gasteiger partial charge in [-0.2, -0.15) is 4.57 Å². The van der Waals surface area contributed by atoms with Gasteiger partial charge in [0.2, 0.25) is 11.2 Å². The van der Waals surface area contributed by atoms with E-state index in [1.807, 2.05) is 11.3 Å². The summed E-state index contributed by atoms with van der Waals surface area (Å²) < 4.78 is 2.45. The summed E-state index contributed by atoms with van der Waals surface area (Å²) in [7, 11) is 0. The maximum atomic E-state index is 2.45. The van der Waals surface area contributed by atoms with Gasteiger partial charge in [0.25, 0.3) is 0 Å². The number of benzene rings is 3. The van der Waals surface area contributed by atoms with Crippen LogP contribution < -0.4 is 17.0 Å². The Labute approximate surface area is 273 Å². The van der Waals surface area contributed by atoms with Crippen LogP contribution >= 0.6 is 11.3 Å². The fourth-order valence-corrected chi connectivity index (χ4v) is 6.26. The van der Waals surface area contributed by atoms with Crippen molar-refractivity contribution in [2.75, 3.05) is 0 Å². The number of hydrogen-bond acceptors (Lipinski definition) is 1. The molecule has 0 N–H and O–H groups in total. The molecule has 0 fully saturated rings. The van der Waals surface area contributed by atoms with Crippen LogP contribution in [-0.4, -0.2) is 0 Å². The summed E-state index contributed by atoms with van der Waals surface area (Å²) in [6.45, 7) is 34.7. The standard InChI is InChI=1S/C40H54NS.ClH/c1-25-16-34(28-18-30(37(4,5)6)22-31(19-28)38(7,8)9)36(41-24-42-27(3)26(41)2)35(17-25)29-20-32(39(10,11)12)23-33(21-29)40(13,14)15;/h16-24H,1-15H3;1H/q+1;/p-1. The number of aromatic nitrogens is 1. The highest BCUT2D eigenvalue weighted by Gasteiger charge is 2.30. The van der Waals surface area contributed by atoms with Crippen molar-refractivity contribution < 1.29 is 17.0 Å². The van der Waals surface area contributed by atoms with Gasteiger partial charge >= 0.3 is 0 Å². The average Bonchev–Trinajstić information content (AvgIpc) is 3.18. The Bertz CT molecular complexity index is 1460. The van der Waals surface area contributed by atoms with Crippen LogP contribution in [-0.2, 0) is 21.7 Å². The van der Waals surface area contributed by atoms with Crippen molar-refractivity contribution in [2.45, 2.75) is 126 Å². The van der Waals surface area contributed by atoms with E-state index >= 15 is 0 Å². The Balaban J connectivity index is 0.00000506. The Kier molecular flexibility index (Phi) is 9.64. The lowest BCUT2D eigenvalue weighted by atomic mass is 9.77. The predicted octanol–water partition coefficient (Wildman–Crippen LogP) is 8.48. The highest BCUT2D eigenvalue weighted by atomic mass is 35.5. The summed E-state index contributed by atoms with van der Waals surface area (Å²) in [4.78, 5) is 1.35. The molecule has 0 bridgehead atoms. The SMILES string of the molecule is Cc1cc(-c2cc(C(C)(C)C)cc(C(C)(C)C)c2)c(-[n+]2csc(C)c2C)c(-c2cc(C(C)(C)C)cc(C(C)(C)C)c2)c1.[Cl-]. The lowest BCUT2D eigenvalue weighted by Gasteiger charge is -2.27. The monoisotopic (exact) mass is 615 g/mol. The number of hydrogen-bond donors (Lipinski definition) is 0. The minimum Gasteiger partial charge on any atom is -1.00 e. The summed E-state index contributed by atoms with van der Waals surface area (Å²) in [6, 6.07) is 19.4. The molecule has 4 aromatic rings. The van der Waals surface area contributed by atoms with Crippen molar-refractivity contribution in [2.24, 2.45) is 0 Å². The number of halogens is 1. The molecule has 4 rings (SSSR count). The molecule has 0 amide bonds. The van der Waals surface area contributed by atoms with Gasteiger partial charge < -0.3 is 12.4 Å². The van der Waals surface area contributed by atoms with Gasteiger partial charge in [-0.3, -0.25) is 0 Å². The molecular formula is C40H54ClNS. The van der Waals surface area contributed by atoms with Gasteiger partial charge in [-0.1, -0.05) is 131 Å². The molecule has 0 unspecified atom stereocenters. The van der Waals surface area contributed by atoms with E-state index in [9.17, 15) is 0 Å². The molecule has 1 nitrogen and oxygen atoms in total. The second kappa shape index (κ2) is 11.8. The first-order valence-electron chi connectivity index (χ1n) is 15.5. The number of aryl methyl sites for hydroxylation is 2. The first kappa shape index (κ1) is 35.1. The number of thiazole rings is 1. The zero-order valence-electron chi connectivity index (χ0n) is 29.4.